The fourth-order valence-corrected chi connectivity index (χ4v) is 8.35. The van der Waals surface area contributed by atoms with Gasteiger partial charge in [-0.05, 0) is 72.8 Å². The minimum Gasteiger partial charge on any atom is -0.390 e. The van der Waals surface area contributed by atoms with Crippen LogP contribution in [-0.4, -0.2) is 29.9 Å². The van der Waals surface area contributed by atoms with Gasteiger partial charge in [-0.25, -0.2) is 24.8 Å². The van der Waals surface area contributed by atoms with Crippen LogP contribution in [0, 0.1) is 0 Å². The third kappa shape index (κ3) is 6.33. The molecule has 0 aliphatic carbocycles. The summed E-state index contributed by atoms with van der Waals surface area (Å²) in [5, 5.41) is 12.0. The Balaban J connectivity index is 0.000000192. The Kier molecular flexibility index (Phi) is 9.96. The van der Waals surface area contributed by atoms with Crippen LogP contribution in [0.15, 0.2) is 119 Å². The topological polar surface area (TPSA) is 98.4 Å². The summed E-state index contributed by atoms with van der Waals surface area (Å²) in [6, 6.07) is 29.8. The quantitative estimate of drug-likeness (QED) is 0.181. The van der Waals surface area contributed by atoms with Crippen LogP contribution in [0.25, 0.3) is 21.8 Å². The zero-order valence-corrected chi connectivity index (χ0v) is 25.6. The van der Waals surface area contributed by atoms with Crippen molar-refractivity contribution in [3.63, 3.8) is 0 Å². The zero-order chi connectivity index (χ0) is 30.1. The first kappa shape index (κ1) is 32.6. The Morgan fingerprint density at radius 1 is 0.581 bits per heavy atom. The molecule has 43 heavy (non-hydrogen) atoms. The van der Waals surface area contributed by atoms with Gasteiger partial charge in [0.05, 0.1) is 44.7 Å². The highest BCUT2D eigenvalue weighted by Gasteiger charge is 2.23. The standard InChI is InChI=1S/C15H11Cl2NO2S.C15H12ClNO3S.CH4/c16-10-13-9-11-8-12(17)6-7-15(11)18(13)21(19,20)14-4-2-1-3-5-14;16-12-6-7-15-11(8-12)9-13(10-18)17(15)21(19,20)14-4-2-1-3-5-14;/h1-9H,10H2;1-9,18H,10H2;1H4. The van der Waals surface area contributed by atoms with E-state index >= 15 is 0 Å². The number of hydrogen-bond acceptors (Lipinski definition) is 5. The van der Waals surface area contributed by atoms with Gasteiger partial charge in [-0.15, -0.1) is 11.6 Å². The number of halogens is 3. The summed E-state index contributed by atoms with van der Waals surface area (Å²) < 4.78 is 53.7. The van der Waals surface area contributed by atoms with Crippen molar-refractivity contribution < 1.29 is 21.9 Å². The van der Waals surface area contributed by atoms with Crippen molar-refractivity contribution in [1.29, 1.82) is 0 Å². The number of nitrogens with zero attached hydrogens (tertiary/aromatic N) is 2. The molecule has 7 nitrogen and oxygen atoms in total. The first-order valence-electron chi connectivity index (χ1n) is 12.5. The lowest BCUT2D eigenvalue weighted by Crippen LogP contribution is -2.15. The minimum absolute atomic E-state index is 0. The van der Waals surface area contributed by atoms with Gasteiger partial charge in [-0.3, -0.25) is 0 Å². The molecule has 0 saturated heterocycles. The van der Waals surface area contributed by atoms with Gasteiger partial charge >= 0.3 is 0 Å². The molecule has 0 unspecified atom stereocenters. The molecular weight excluding hydrogens is 651 g/mol. The van der Waals surface area contributed by atoms with Crippen LogP contribution >= 0.6 is 34.8 Å². The predicted molar refractivity (Wildman–Crippen MR) is 174 cm³/mol. The molecule has 12 heteroatoms. The lowest BCUT2D eigenvalue weighted by atomic mass is 10.2. The molecule has 224 valence electrons. The van der Waals surface area contributed by atoms with Crippen LogP contribution in [0.2, 0.25) is 10.0 Å². The molecule has 0 amide bonds. The molecule has 0 saturated carbocycles. The summed E-state index contributed by atoms with van der Waals surface area (Å²) in [6.45, 7) is -0.377. The molecule has 2 heterocycles. The van der Waals surface area contributed by atoms with Crippen molar-refractivity contribution in [2.75, 3.05) is 0 Å². The van der Waals surface area contributed by atoms with Gasteiger partial charge in [-0.2, -0.15) is 0 Å². The van der Waals surface area contributed by atoms with Crippen LogP contribution in [0.3, 0.4) is 0 Å². The number of fused-ring (bicyclic) bond motifs is 2. The molecule has 0 aliphatic rings. The van der Waals surface area contributed by atoms with E-state index in [1.165, 1.54) is 16.1 Å². The predicted octanol–water partition coefficient (Wildman–Crippen LogP) is 7.93. The van der Waals surface area contributed by atoms with Gasteiger partial charge in [0.15, 0.2) is 0 Å². The van der Waals surface area contributed by atoms with E-state index in [4.69, 9.17) is 34.8 Å². The summed E-state index contributed by atoms with van der Waals surface area (Å²) in [5.74, 6) is 0.0956. The maximum absolute atomic E-state index is 12.8. The van der Waals surface area contributed by atoms with E-state index in [0.29, 0.717) is 37.9 Å². The highest BCUT2D eigenvalue weighted by Crippen LogP contribution is 2.29. The second-order valence-corrected chi connectivity index (χ2v) is 13.8. The van der Waals surface area contributed by atoms with Gasteiger partial charge in [0.2, 0.25) is 0 Å². The average molecular weight is 678 g/mol. The van der Waals surface area contributed by atoms with Crippen molar-refractivity contribution in [2.45, 2.75) is 29.7 Å². The Hall–Kier alpha value is -3.31. The van der Waals surface area contributed by atoms with Crippen molar-refractivity contribution >= 4 is 76.7 Å². The van der Waals surface area contributed by atoms with Crippen LogP contribution in [0.1, 0.15) is 18.8 Å². The lowest BCUT2D eigenvalue weighted by molar-refractivity contribution is 0.276. The van der Waals surface area contributed by atoms with Crippen molar-refractivity contribution in [3.8, 4) is 0 Å². The second-order valence-electron chi connectivity index (χ2n) is 9.13. The Morgan fingerprint density at radius 2 is 0.977 bits per heavy atom. The van der Waals surface area contributed by atoms with E-state index in [1.54, 1.807) is 97.1 Å². The van der Waals surface area contributed by atoms with E-state index in [9.17, 15) is 21.9 Å². The van der Waals surface area contributed by atoms with Crippen molar-refractivity contribution in [2.24, 2.45) is 0 Å². The molecule has 1 N–H and O–H groups in total. The van der Waals surface area contributed by atoms with Gasteiger partial charge in [-0.1, -0.05) is 67.0 Å². The van der Waals surface area contributed by atoms with Crippen LogP contribution in [0.4, 0.5) is 0 Å². The molecule has 2 aromatic heterocycles. The number of aromatic nitrogens is 2. The number of alkyl halides is 1. The Morgan fingerprint density at radius 3 is 1.37 bits per heavy atom. The highest BCUT2D eigenvalue weighted by atomic mass is 35.5. The van der Waals surface area contributed by atoms with Gasteiger partial charge in [0.1, 0.15) is 0 Å². The Bertz CT molecular complexity index is 1960. The number of rotatable bonds is 6. The summed E-state index contributed by atoms with van der Waals surface area (Å²) in [4.78, 5) is 0.399. The first-order chi connectivity index (χ1) is 20.1. The monoisotopic (exact) mass is 676 g/mol. The summed E-state index contributed by atoms with van der Waals surface area (Å²) in [5.41, 5.74) is 1.88. The summed E-state index contributed by atoms with van der Waals surface area (Å²) >= 11 is 17.8. The zero-order valence-electron chi connectivity index (χ0n) is 21.7. The molecule has 0 atom stereocenters. The number of aliphatic hydroxyl groups is 1. The van der Waals surface area contributed by atoms with Gasteiger partial charge < -0.3 is 5.11 Å². The van der Waals surface area contributed by atoms with Crippen molar-refractivity contribution in [1.82, 2.24) is 7.94 Å². The third-order valence-electron chi connectivity index (χ3n) is 6.44. The number of hydrogen-bond donors (Lipinski definition) is 1. The summed E-state index contributed by atoms with van der Waals surface area (Å²) in [6.07, 6.45) is 0. The average Bonchev–Trinajstić information content (AvgIpc) is 3.56. The smallest absolute Gasteiger partial charge is 0.268 e. The van der Waals surface area contributed by atoms with E-state index in [1.807, 2.05) is 0 Å². The molecule has 0 aliphatic heterocycles. The fraction of sp³-hybridized carbons (Fsp3) is 0.0968. The second kappa shape index (κ2) is 13.1. The molecule has 6 aromatic rings. The maximum Gasteiger partial charge on any atom is 0.268 e. The maximum atomic E-state index is 12.8. The summed E-state index contributed by atoms with van der Waals surface area (Å²) in [7, 11) is -7.45. The van der Waals surface area contributed by atoms with E-state index < -0.39 is 20.0 Å². The van der Waals surface area contributed by atoms with Crippen LogP contribution in [-0.2, 0) is 32.5 Å². The Labute approximate surface area is 265 Å². The number of aliphatic hydroxyl groups excluding tert-OH is 1. The SMILES string of the molecule is C.O=S(=O)(c1ccccc1)n1c(CCl)cc2cc(Cl)ccc21.O=S(=O)(c1ccccc1)n1c(CO)cc2cc(Cl)ccc21. The van der Waals surface area contributed by atoms with E-state index in [2.05, 4.69) is 0 Å². The van der Waals surface area contributed by atoms with Gasteiger partial charge in [0, 0.05) is 20.8 Å². The first-order valence-corrected chi connectivity index (χ1v) is 16.6. The molecule has 6 rings (SSSR count). The normalized spacial score (nSPS) is 11.6. The molecule has 0 fully saturated rings. The lowest BCUT2D eigenvalue weighted by Gasteiger charge is -2.10. The fourth-order valence-electron chi connectivity index (χ4n) is 4.60. The highest BCUT2D eigenvalue weighted by molar-refractivity contribution is 7.90. The molecule has 0 spiro atoms. The molecule has 4 aromatic carbocycles. The van der Waals surface area contributed by atoms with E-state index in [-0.39, 0.29) is 29.7 Å². The van der Waals surface area contributed by atoms with E-state index in [0.717, 1.165) is 9.36 Å². The van der Waals surface area contributed by atoms with Gasteiger partial charge in [0.25, 0.3) is 20.0 Å². The molecule has 0 bridgehead atoms. The van der Waals surface area contributed by atoms with Crippen LogP contribution in [0.5, 0.6) is 0 Å². The van der Waals surface area contributed by atoms with Crippen LogP contribution < -0.4 is 0 Å². The molecular formula is C31H27Cl3N2O5S2. The third-order valence-corrected chi connectivity index (χ3v) is 10.7. The van der Waals surface area contributed by atoms with Crippen molar-refractivity contribution in [3.05, 3.63) is 131 Å². The number of benzene rings is 4. The largest absolute Gasteiger partial charge is 0.390 e. The molecule has 0 radical (unpaired) electrons. The minimum atomic E-state index is -3.76.